The number of aromatic nitrogens is 2. The molecule has 0 aromatic carbocycles. The maximum Gasteiger partial charge on any atom is 0.181 e. The van der Waals surface area contributed by atoms with Crippen LogP contribution in [0.25, 0.3) is 10.2 Å². The van der Waals surface area contributed by atoms with Crippen molar-refractivity contribution in [3.63, 3.8) is 0 Å². The minimum Gasteiger partial charge on any atom is -0.375 e. The van der Waals surface area contributed by atoms with E-state index in [9.17, 15) is 0 Å². The number of nitrogen functional groups attached to an aromatic ring is 1. The van der Waals surface area contributed by atoms with Crippen LogP contribution in [-0.4, -0.2) is 9.97 Å². The topological polar surface area (TPSA) is 51.8 Å². The first-order valence-electron chi connectivity index (χ1n) is 3.05. The summed E-state index contributed by atoms with van der Waals surface area (Å²) in [4.78, 5) is 7.88. The highest BCUT2D eigenvalue weighted by Gasteiger charge is 2.07. The third kappa shape index (κ3) is 1.22. The monoisotopic (exact) mass is 219 g/mol. The van der Waals surface area contributed by atoms with Crippen molar-refractivity contribution in [1.82, 2.24) is 9.97 Å². The van der Waals surface area contributed by atoms with Crippen molar-refractivity contribution in [1.29, 1.82) is 0 Å². The Kier molecular flexibility index (Phi) is 1.83. The summed E-state index contributed by atoms with van der Waals surface area (Å²) >= 11 is 12.8. The van der Waals surface area contributed by atoms with Crippen LogP contribution in [0.1, 0.15) is 0 Å². The number of hydrogen-bond acceptors (Lipinski definition) is 4. The summed E-state index contributed by atoms with van der Waals surface area (Å²) < 4.78 is 0.776. The van der Waals surface area contributed by atoms with Gasteiger partial charge in [-0.2, -0.15) is 0 Å². The summed E-state index contributed by atoms with van der Waals surface area (Å²) in [6.45, 7) is 0. The Morgan fingerprint density at radius 1 is 1.33 bits per heavy atom. The molecule has 0 bridgehead atoms. The van der Waals surface area contributed by atoms with Gasteiger partial charge in [-0.1, -0.05) is 34.5 Å². The lowest BCUT2D eigenvalue weighted by Gasteiger charge is -1.91. The van der Waals surface area contributed by atoms with Crippen LogP contribution in [-0.2, 0) is 0 Å². The molecule has 0 aliphatic heterocycles. The molecule has 0 unspecified atom stereocenters. The number of thiazole rings is 1. The molecule has 0 atom stereocenters. The Balaban J connectivity index is 2.88. The van der Waals surface area contributed by atoms with Crippen LogP contribution in [0.5, 0.6) is 0 Å². The van der Waals surface area contributed by atoms with Gasteiger partial charge in [-0.3, -0.25) is 0 Å². The molecule has 2 aromatic rings. The molecule has 0 spiro atoms. The summed E-state index contributed by atoms with van der Waals surface area (Å²) in [5.74, 6) is 0. The first kappa shape index (κ1) is 8.04. The van der Waals surface area contributed by atoms with Crippen LogP contribution in [0.4, 0.5) is 5.13 Å². The van der Waals surface area contributed by atoms with E-state index in [4.69, 9.17) is 28.9 Å². The molecule has 2 N–H and O–H groups in total. The Morgan fingerprint density at radius 3 is 2.83 bits per heavy atom. The van der Waals surface area contributed by atoms with Gasteiger partial charge in [0.1, 0.15) is 10.3 Å². The van der Waals surface area contributed by atoms with Crippen LogP contribution in [0.3, 0.4) is 0 Å². The fourth-order valence-corrected chi connectivity index (χ4v) is 2.11. The zero-order valence-corrected chi connectivity index (χ0v) is 8.04. The molecule has 2 heterocycles. The Bertz CT molecular complexity index is 440. The maximum atomic E-state index is 5.79. The molecule has 0 amide bonds. The summed E-state index contributed by atoms with van der Waals surface area (Å²) in [5.41, 5.74) is 6.18. The molecule has 0 fully saturated rings. The van der Waals surface area contributed by atoms with E-state index in [1.807, 2.05) is 0 Å². The molecule has 6 heteroatoms. The SMILES string of the molecule is Nc1nc2cc(Cl)nc(Cl)c2s1. The minimum absolute atomic E-state index is 0.331. The molecule has 62 valence electrons. The van der Waals surface area contributed by atoms with E-state index in [-0.39, 0.29) is 0 Å². The summed E-state index contributed by atoms with van der Waals surface area (Å²) in [7, 11) is 0. The van der Waals surface area contributed by atoms with E-state index in [2.05, 4.69) is 9.97 Å². The van der Waals surface area contributed by atoms with Crippen molar-refractivity contribution < 1.29 is 0 Å². The van der Waals surface area contributed by atoms with Gasteiger partial charge in [-0.05, 0) is 0 Å². The first-order chi connectivity index (χ1) is 5.66. The molecule has 0 aliphatic carbocycles. The second-order valence-electron chi connectivity index (χ2n) is 2.14. The average molecular weight is 220 g/mol. The van der Waals surface area contributed by atoms with E-state index in [1.165, 1.54) is 11.3 Å². The minimum atomic E-state index is 0.331. The molecule has 0 saturated heterocycles. The van der Waals surface area contributed by atoms with Crippen LogP contribution in [0.15, 0.2) is 6.07 Å². The van der Waals surface area contributed by atoms with Crippen LogP contribution in [0, 0.1) is 0 Å². The van der Waals surface area contributed by atoms with E-state index >= 15 is 0 Å². The van der Waals surface area contributed by atoms with E-state index in [0.29, 0.717) is 21.0 Å². The van der Waals surface area contributed by atoms with Crippen LogP contribution in [0.2, 0.25) is 10.3 Å². The smallest absolute Gasteiger partial charge is 0.181 e. The summed E-state index contributed by atoms with van der Waals surface area (Å²) in [5, 5.41) is 1.15. The van der Waals surface area contributed by atoms with Gasteiger partial charge in [0, 0.05) is 6.07 Å². The molecule has 2 rings (SSSR count). The van der Waals surface area contributed by atoms with Crippen LogP contribution < -0.4 is 5.73 Å². The van der Waals surface area contributed by atoms with Crippen molar-refractivity contribution in [2.75, 3.05) is 5.73 Å². The van der Waals surface area contributed by atoms with Gasteiger partial charge in [-0.25, -0.2) is 9.97 Å². The van der Waals surface area contributed by atoms with E-state index in [1.54, 1.807) is 6.07 Å². The molecule has 0 saturated carbocycles. The number of pyridine rings is 1. The zero-order chi connectivity index (χ0) is 8.72. The number of fused-ring (bicyclic) bond motifs is 1. The molecule has 3 nitrogen and oxygen atoms in total. The lowest BCUT2D eigenvalue weighted by atomic mass is 10.4. The highest BCUT2D eigenvalue weighted by molar-refractivity contribution is 7.22. The number of nitrogens with two attached hydrogens (primary N) is 1. The first-order valence-corrected chi connectivity index (χ1v) is 4.62. The number of anilines is 1. The normalized spacial score (nSPS) is 10.8. The van der Waals surface area contributed by atoms with E-state index < -0.39 is 0 Å². The van der Waals surface area contributed by atoms with Gasteiger partial charge in [-0.15, -0.1) is 0 Å². The van der Waals surface area contributed by atoms with Crippen molar-refractivity contribution in [3.8, 4) is 0 Å². The molecule has 12 heavy (non-hydrogen) atoms. The van der Waals surface area contributed by atoms with Crippen molar-refractivity contribution in [2.45, 2.75) is 0 Å². The quantitative estimate of drug-likeness (QED) is 0.694. The van der Waals surface area contributed by atoms with Crippen molar-refractivity contribution >= 4 is 49.9 Å². The lowest BCUT2D eigenvalue weighted by Crippen LogP contribution is -1.80. The Labute approximate surface area is 82.1 Å². The predicted molar refractivity (Wildman–Crippen MR) is 51.8 cm³/mol. The number of hydrogen-bond donors (Lipinski definition) is 1. The van der Waals surface area contributed by atoms with Gasteiger partial charge < -0.3 is 5.73 Å². The molecular weight excluding hydrogens is 217 g/mol. The highest BCUT2D eigenvalue weighted by Crippen LogP contribution is 2.30. The van der Waals surface area contributed by atoms with Gasteiger partial charge in [0.25, 0.3) is 0 Å². The van der Waals surface area contributed by atoms with Crippen molar-refractivity contribution in [3.05, 3.63) is 16.4 Å². The predicted octanol–water partition coefficient (Wildman–Crippen LogP) is 2.58. The zero-order valence-electron chi connectivity index (χ0n) is 5.71. The third-order valence-corrected chi connectivity index (χ3v) is 2.80. The Morgan fingerprint density at radius 2 is 2.08 bits per heavy atom. The molecule has 0 aliphatic rings. The van der Waals surface area contributed by atoms with Crippen LogP contribution >= 0.6 is 34.5 Å². The van der Waals surface area contributed by atoms with Gasteiger partial charge in [0.2, 0.25) is 0 Å². The average Bonchev–Trinajstić information content (AvgIpc) is 2.29. The number of nitrogens with zero attached hydrogens (tertiary/aromatic N) is 2. The fourth-order valence-electron chi connectivity index (χ4n) is 0.884. The lowest BCUT2D eigenvalue weighted by molar-refractivity contribution is 1.35. The molecule has 0 radical (unpaired) electrons. The second kappa shape index (κ2) is 2.73. The number of rotatable bonds is 0. The highest BCUT2D eigenvalue weighted by atomic mass is 35.5. The van der Waals surface area contributed by atoms with Gasteiger partial charge >= 0.3 is 0 Å². The summed E-state index contributed by atoms with van der Waals surface area (Å²) in [6.07, 6.45) is 0. The van der Waals surface area contributed by atoms with Gasteiger partial charge in [0.05, 0.1) is 10.2 Å². The van der Waals surface area contributed by atoms with Gasteiger partial charge in [0.15, 0.2) is 5.13 Å². The molecule has 2 aromatic heterocycles. The largest absolute Gasteiger partial charge is 0.375 e. The Hall–Kier alpha value is -0.580. The maximum absolute atomic E-state index is 5.79. The van der Waals surface area contributed by atoms with E-state index in [0.717, 1.165) is 4.70 Å². The third-order valence-electron chi connectivity index (χ3n) is 1.32. The fraction of sp³-hybridized carbons (Fsp3) is 0. The second-order valence-corrected chi connectivity index (χ2v) is 3.91. The summed E-state index contributed by atoms with van der Waals surface area (Å²) in [6, 6.07) is 1.63. The molecular formula is C6H3Cl2N3S. The standard InChI is InChI=1S/C6H3Cl2N3S/c7-3-1-2-4(5(8)11-3)12-6(9)10-2/h1H,(H2,9,10). The number of halogens is 2. The van der Waals surface area contributed by atoms with Crippen molar-refractivity contribution in [2.24, 2.45) is 0 Å².